The normalized spacial score (nSPS) is 25.6. The second kappa shape index (κ2) is 10.5. The third kappa shape index (κ3) is 5.00. The molecule has 2 aliphatic heterocycles. The molecule has 2 fully saturated rings. The summed E-state index contributed by atoms with van der Waals surface area (Å²) in [5.74, 6) is -1.87. The highest BCUT2D eigenvalue weighted by Gasteiger charge is 2.55. The molecule has 3 unspecified atom stereocenters. The lowest BCUT2D eigenvalue weighted by atomic mass is 9.75. The Balaban J connectivity index is 1.79. The highest BCUT2D eigenvalue weighted by molar-refractivity contribution is 6.10. The standard InChI is InChI=1S/C23H33FN4O4/c1-4-7-16-12-17(26-25-16)15-27(2)20(29)13-23(18-8-5-6-9-19(18)24)14-21(30)28(22(23)31)10-11-32-3/h5-6,8-9,16-17,25-26H,4,7,10-15H2,1-3H3. The van der Waals surface area contributed by atoms with Crippen molar-refractivity contribution in [3.8, 4) is 0 Å². The Bertz CT molecular complexity index is 851. The maximum Gasteiger partial charge on any atom is 0.241 e. The average molecular weight is 449 g/mol. The van der Waals surface area contributed by atoms with E-state index in [-0.39, 0.29) is 43.5 Å². The summed E-state index contributed by atoms with van der Waals surface area (Å²) in [6, 6.07) is 6.33. The van der Waals surface area contributed by atoms with Crippen molar-refractivity contribution >= 4 is 17.7 Å². The fourth-order valence-electron chi connectivity index (χ4n) is 4.68. The van der Waals surface area contributed by atoms with Crippen molar-refractivity contribution in [2.45, 2.75) is 56.5 Å². The fraction of sp³-hybridized carbons (Fsp3) is 0.609. The minimum atomic E-state index is -1.55. The first kappa shape index (κ1) is 24.3. The highest BCUT2D eigenvalue weighted by atomic mass is 19.1. The minimum absolute atomic E-state index is 0.0743. The van der Waals surface area contributed by atoms with Gasteiger partial charge in [0.15, 0.2) is 0 Å². The number of likely N-dealkylation sites (tertiary alicyclic amines) is 1. The van der Waals surface area contributed by atoms with Crippen LogP contribution in [0.5, 0.6) is 0 Å². The smallest absolute Gasteiger partial charge is 0.241 e. The predicted octanol–water partition coefficient (Wildman–Crippen LogP) is 1.35. The number of carbonyl (C=O) groups is 3. The van der Waals surface area contributed by atoms with E-state index in [9.17, 15) is 18.8 Å². The van der Waals surface area contributed by atoms with Crippen LogP contribution >= 0.6 is 0 Å². The Morgan fingerprint density at radius 3 is 2.69 bits per heavy atom. The molecule has 2 N–H and O–H groups in total. The van der Waals surface area contributed by atoms with E-state index in [0.717, 1.165) is 24.2 Å². The van der Waals surface area contributed by atoms with Crippen LogP contribution in [-0.4, -0.2) is 73.5 Å². The van der Waals surface area contributed by atoms with Gasteiger partial charge in [-0.15, -0.1) is 0 Å². The number of hydrogen-bond acceptors (Lipinski definition) is 6. The van der Waals surface area contributed by atoms with E-state index in [1.165, 1.54) is 25.3 Å². The number of amides is 3. The zero-order valence-corrected chi connectivity index (χ0v) is 19.0. The SMILES string of the molecule is CCCC1CC(CN(C)C(=O)CC2(c3ccccc3F)CC(=O)N(CCOC)C2=O)NN1. The third-order valence-electron chi connectivity index (χ3n) is 6.39. The first-order chi connectivity index (χ1) is 15.3. The number of hydrogen-bond donors (Lipinski definition) is 2. The first-order valence-electron chi connectivity index (χ1n) is 11.2. The number of benzene rings is 1. The summed E-state index contributed by atoms with van der Waals surface area (Å²) in [4.78, 5) is 42.0. The summed E-state index contributed by atoms with van der Waals surface area (Å²) in [5, 5.41) is 0. The number of carbonyl (C=O) groups excluding carboxylic acids is 3. The molecule has 2 heterocycles. The minimum Gasteiger partial charge on any atom is -0.383 e. The molecule has 1 aromatic carbocycles. The van der Waals surface area contributed by atoms with Crippen molar-refractivity contribution in [1.29, 1.82) is 0 Å². The van der Waals surface area contributed by atoms with Crippen LogP contribution < -0.4 is 10.9 Å². The Morgan fingerprint density at radius 2 is 2.00 bits per heavy atom. The van der Waals surface area contributed by atoms with Crippen molar-refractivity contribution in [3.63, 3.8) is 0 Å². The number of nitrogens with zero attached hydrogens (tertiary/aromatic N) is 2. The van der Waals surface area contributed by atoms with Gasteiger partial charge in [-0.1, -0.05) is 31.5 Å². The van der Waals surface area contributed by atoms with E-state index in [0.29, 0.717) is 12.6 Å². The molecular weight excluding hydrogens is 415 g/mol. The fourth-order valence-corrected chi connectivity index (χ4v) is 4.68. The van der Waals surface area contributed by atoms with E-state index in [4.69, 9.17) is 4.74 Å². The lowest BCUT2D eigenvalue weighted by molar-refractivity contribution is -0.143. The summed E-state index contributed by atoms with van der Waals surface area (Å²) in [5.41, 5.74) is 5.01. The van der Waals surface area contributed by atoms with Crippen LogP contribution in [-0.2, 0) is 24.5 Å². The number of imide groups is 1. The van der Waals surface area contributed by atoms with Crippen LogP contribution in [0.1, 0.15) is 44.6 Å². The van der Waals surface area contributed by atoms with Gasteiger partial charge in [0.1, 0.15) is 5.82 Å². The van der Waals surface area contributed by atoms with Crippen molar-refractivity contribution in [2.75, 3.05) is 33.9 Å². The van der Waals surface area contributed by atoms with Crippen LogP contribution in [0.15, 0.2) is 24.3 Å². The molecule has 2 aliphatic rings. The number of hydrazine groups is 1. The van der Waals surface area contributed by atoms with Gasteiger partial charge < -0.3 is 9.64 Å². The molecule has 0 bridgehead atoms. The zero-order valence-electron chi connectivity index (χ0n) is 19.0. The van der Waals surface area contributed by atoms with Gasteiger partial charge in [0.25, 0.3) is 0 Å². The van der Waals surface area contributed by atoms with Crippen LogP contribution in [0.4, 0.5) is 4.39 Å². The maximum absolute atomic E-state index is 14.8. The number of likely N-dealkylation sites (N-methyl/N-ethyl adjacent to an activating group) is 1. The topological polar surface area (TPSA) is 91.0 Å². The Hall–Kier alpha value is -2.36. The van der Waals surface area contributed by atoms with Crippen molar-refractivity contribution in [2.24, 2.45) is 0 Å². The summed E-state index contributed by atoms with van der Waals surface area (Å²) in [6.45, 7) is 2.83. The summed E-state index contributed by atoms with van der Waals surface area (Å²) >= 11 is 0. The third-order valence-corrected chi connectivity index (χ3v) is 6.39. The number of rotatable bonds is 10. The lowest BCUT2D eigenvalue weighted by Gasteiger charge is -2.30. The van der Waals surface area contributed by atoms with Gasteiger partial charge in [-0.3, -0.25) is 30.1 Å². The van der Waals surface area contributed by atoms with Gasteiger partial charge in [0.2, 0.25) is 17.7 Å². The maximum atomic E-state index is 14.8. The van der Waals surface area contributed by atoms with Crippen molar-refractivity contribution < 1.29 is 23.5 Å². The van der Waals surface area contributed by atoms with Gasteiger partial charge in [-0.2, -0.15) is 0 Å². The van der Waals surface area contributed by atoms with E-state index >= 15 is 0 Å². The quantitative estimate of drug-likeness (QED) is 0.525. The summed E-state index contributed by atoms with van der Waals surface area (Å²) in [7, 11) is 3.15. The van der Waals surface area contributed by atoms with E-state index in [2.05, 4.69) is 17.8 Å². The number of halogens is 1. The molecule has 3 rings (SSSR count). The van der Waals surface area contributed by atoms with Gasteiger partial charge in [0.05, 0.1) is 18.6 Å². The van der Waals surface area contributed by atoms with Gasteiger partial charge in [0, 0.05) is 51.2 Å². The van der Waals surface area contributed by atoms with E-state index in [1.807, 2.05) is 0 Å². The van der Waals surface area contributed by atoms with Crippen LogP contribution in [0.25, 0.3) is 0 Å². The zero-order chi connectivity index (χ0) is 23.3. The van der Waals surface area contributed by atoms with Crippen molar-refractivity contribution in [1.82, 2.24) is 20.7 Å². The average Bonchev–Trinajstić information content (AvgIpc) is 3.29. The molecule has 9 heteroatoms. The Labute approximate surface area is 188 Å². The molecule has 3 atom stereocenters. The molecule has 3 amide bonds. The van der Waals surface area contributed by atoms with Crippen molar-refractivity contribution in [3.05, 3.63) is 35.6 Å². The molecule has 32 heavy (non-hydrogen) atoms. The Kier molecular flexibility index (Phi) is 7.97. The number of methoxy groups -OCH3 is 1. The first-order valence-corrected chi connectivity index (χ1v) is 11.2. The molecule has 0 aliphatic carbocycles. The molecule has 2 saturated heterocycles. The number of nitrogens with one attached hydrogen (secondary N) is 2. The largest absolute Gasteiger partial charge is 0.383 e. The lowest BCUT2D eigenvalue weighted by Crippen LogP contribution is -2.46. The Morgan fingerprint density at radius 1 is 1.28 bits per heavy atom. The molecule has 0 spiro atoms. The monoisotopic (exact) mass is 448 g/mol. The molecule has 176 valence electrons. The second-order valence-corrected chi connectivity index (χ2v) is 8.74. The van der Waals surface area contributed by atoms with E-state index in [1.54, 1.807) is 18.0 Å². The molecule has 1 aromatic rings. The second-order valence-electron chi connectivity index (χ2n) is 8.74. The summed E-state index contributed by atoms with van der Waals surface area (Å²) < 4.78 is 19.8. The van der Waals surface area contributed by atoms with Gasteiger partial charge in [-0.25, -0.2) is 4.39 Å². The molecule has 0 saturated carbocycles. The van der Waals surface area contributed by atoms with E-state index < -0.39 is 23.0 Å². The van der Waals surface area contributed by atoms with Gasteiger partial charge in [-0.05, 0) is 18.9 Å². The predicted molar refractivity (Wildman–Crippen MR) is 117 cm³/mol. The van der Waals surface area contributed by atoms with Gasteiger partial charge >= 0.3 is 0 Å². The molecular formula is C23H33FN4O4. The molecule has 0 aromatic heterocycles. The molecule has 0 radical (unpaired) electrons. The van der Waals surface area contributed by atoms with Crippen LogP contribution in [0.2, 0.25) is 0 Å². The van der Waals surface area contributed by atoms with Crippen LogP contribution in [0.3, 0.4) is 0 Å². The highest BCUT2D eigenvalue weighted by Crippen LogP contribution is 2.41. The summed E-state index contributed by atoms with van der Waals surface area (Å²) in [6.07, 6.45) is 2.51. The van der Waals surface area contributed by atoms with Crippen LogP contribution in [0, 0.1) is 5.82 Å². The number of ether oxygens (including phenoxy) is 1. The molecule has 8 nitrogen and oxygen atoms in total.